The number of halogens is 1. The Bertz CT molecular complexity index is 145. The van der Waals surface area contributed by atoms with Crippen molar-refractivity contribution in [3.63, 3.8) is 0 Å². The third-order valence-corrected chi connectivity index (χ3v) is 0.469. The van der Waals surface area contributed by atoms with Gasteiger partial charge in [0.15, 0.2) is 0 Å². The summed E-state index contributed by atoms with van der Waals surface area (Å²) < 4.78 is 15.3. The van der Waals surface area contributed by atoms with Gasteiger partial charge in [0.05, 0.1) is 6.07 Å². The lowest BCUT2D eigenvalue weighted by atomic mass is 10.7. The summed E-state index contributed by atoms with van der Waals surface area (Å²) in [5, 5.41) is 11.0. The molecule has 0 saturated carbocycles. The fourth-order valence-electron chi connectivity index (χ4n) is 0.245. The Morgan fingerprint density at radius 3 is 2.71 bits per heavy atom. The molecular weight excluding hydrogens is 101 g/mol. The summed E-state index contributed by atoms with van der Waals surface area (Å²) in [5.74, 6) is -0.433. The lowest BCUT2D eigenvalue weighted by Gasteiger charge is -1.63. The quantitative estimate of drug-likeness (QED) is 0.520. The van der Waals surface area contributed by atoms with E-state index in [4.69, 9.17) is 5.11 Å². The van der Waals surface area contributed by atoms with Crippen molar-refractivity contribution in [3.8, 4) is 5.88 Å². The van der Waals surface area contributed by atoms with E-state index in [1.54, 1.807) is 0 Å². The zero-order valence-corrected chi connectivity index (χ0v) is 3.26. The molecule has 0 fully saturated rings. The van der Waals surface area contributed by atoms with Crippen LogP contribution in [-0.4, -0.2) is 10.3 Å². The van der Waals surface area contributed by atoms with Gasteiger partial charge in [0, 0.05) is 0 Å². The van der Waals surface area contributed by atoms with Gasteiger partial charge in [-0.1, -0.05) is 0 Å². The molecule has 38 valence electrons. The van der Waals surface area contributed by atoms with Crippen LogP contribution in [0.2, 0.25) is 0 Å². The zero-order valence-electron chi connectivity index (χ0n) is 3.26. The van der Waals surface area contributed by atoms with Crippen LogP contribution in [0.25, 0.3) is 0 Å². The first-order valence-corrected chi connectivity index (χ1v) is 1.60. The molecule has 0 bridgehead atoms. The van der Waals surface area contributed by atoms with Crippen LogP contribution in [0.1, 0.15) is 0 Å². The van der Waals surface area contributed by atoms with Crippen molar-refractivity contribution in [2.45, 2.75) is 0 Å². The third-order valence-electron chi connectivity index (χ3n) is 0.469. The van der Waals surface area contributed by atoms with Gasteiger partial charge >= 0.3 is 6.01 Å². The molecule has 1 aromatic heterocycles. The highest BCUT2D eigenvalue weighted by Gasteiger charge is 1.95. The highest BCUT2D eigenvalue weighted by atomic mass is 19.1. The van der Waals surface area contributed by atoms with E-state index < -0.39 is 11.9 Å². The van der Waals surface area contributed by atoms with E-state index in [1.807, 2.05) is 0 Å². The van der Waals surface area contributed by atoms with E-state index in [0.717, 1.165) is 6.07 Å². The Kier molecular flexibility index (Phi) is 0.714. The molecule has 1 aromatic rings. The minimum Gasteiger partial charge on any atom is -0.491 e. The van der Waals surface area contributed by atoms with Crippen LogP contribution in [0.4, 0.5) is 4.39 Å². The Hall–Kier alpha value is -1.06. The Morgan fingerprint density at radius 1 is 1.86 bits per heavy atom. The van der Waals surface area contributed by atoms with Crippen molar-refractivity contribution in [2.24, 2.45) is 0 Å². The van der Waals surface area contributed by atoms with Crippen molar-refractivity contribution in [1.29, 1.82) is 0 Å². The largest absolute Gasteiger partial charge is 0.491 e. The van der Waals surface area contributed by atoms with Crippen LogP contribution in [0.3, 0.4) is 0 Å². The van der Waals surface area contributed by atoms with E-state index in [9.17, 15) is 4.39 Å². The van der Waals surface area contributed by atoms with Gasteiger partial charge in [0.2, 0.25) is 0 Å². The summed E-state index contributed by atoms with van der Waals surface area (Å²) in [6.45, 7) is 0. The first kappa shape index (κ1) is 4.11. The first-order valence-electron chi connectivity index (χ1n) is 1.60. The van der Waals surface area contributed by atoms with Gasteiger partial charge in [0.1, 0.15) is 0 Å². The maximum atomic E-state index is 11.5. The molecule has 0 unspecified atom stereocenters. The van der Waals surface area contributed by atoms with Crippen molar-refractivity contribution >= 4 is 0 Å². The second kappa shape index (κ2) is 1.22. The van der Waals surface area contributed by atoms with Crippen LogP contribution in [0, 0.1) is 6.01 Å². The fraction of sp³-hybridized carbons (Fsp3) is 0. The van der Waals surface area contributed by atoms with E-state index >= 15 is 0 Å². The van der Waals surface area contributed by atoms with E-state index in [1.165, 1.54) is 0 Å². The number of hydrogen-bond acceptors (Lipinski definition) is 3. The Morgan fingerprint density at radius 2 is 2.57 bits per heavy atom. The topological polar surface area (TPSA) is 46.3 Å². The van der Waals surface area contributed by atoms with Crippen molar-refractivity contribution in [2.75, 3.05) is 0 Å². The van der Waals surface area contributed by atoms with Crippen molar-refractivity contribution in [3.05, 3.63) is 12.1 Å². The van der Waals surface area contributed by atoms with Crippen molar-refractivity contribution in [1.82, 2.24) is 5.16 Å². The normalized spacial score (nSPS) is 9.29. The number of hydrogen-bond donors (Lipinski definition) is 1. The standard InChI is InChI=1S/C3H2FNO2/c4-2-1-3(6)5-7-2/h1H,(H,5,6). The predicted molar refractivity (Wildman–Crippen MR) is 18.1 cm³/mol. The maximum Gasteiger partial charge on any atom is 0.310 e. The smallest absolute Gasteiger partial charge is 0.310 e. The molecule has 0 spiro atoms. The lowest BCUT2D eigenvalue weighted by Crippen LogP contribution is -1.52. The molecule has 1 N–H and O–H groups in total. The molecular formula is C3H2FNO2. The molecule has 0 amide bonds. The molecule has 3 nitrogen and oxygen atoms in total. The van der Waals surface area contributed by atoms with Gasteiger partial charge in [-0.2, -0.15) is 4.39 Å². The molecule has 1 heterocycles. The van der Waals surface area contributed by atoms with Gasteiger partial charge in [-0.3, -0.25) is 0 Å². The number of rotatable bonds is 0. The van der Waals surface area contributed by atoms with Crippen LogP contribution >= 0.6 is 0 Å². The minimum atomic E-state index is -0.877. The van der Waals surface area contributed by atoms with Crippen LogP contribution in [-0.2, 0) is 0 Å². The molecule has 7 heavy (non-hydrogen) atoms. The number of aromatic nitrogens is 1. The first-order chi connectivity index (χ1) is 3.29. The highest BCUT2D eigenvalue weighted by molar-refractivity contribution is 4.99. The van der Waals surface area contributed by atoms with Gasteiger partial charge in [-0.05, 0) is 5.16 Å². The predicted octanol–water partition coefficient (Wildman–Crippen LogP) is 0.519. The third kappa shape index (κ3) is 0.677. The highest BCUT2D eigenvalue weighted by Crippen LogP contribution is 2.04. The molecule has 0 aromatic carbocycles. The zero-order chi connectivity index (χ0) is 5.28. The summed E-state index contributed by atoms with van der Waals surface area (Å²) in [5.41, 5.74) is 0. The molecule has 0 saturated heterocycles. The second-order valence-corrected chi connectivity index (χ2v) is 0.989. The van der Waals surface area contributed by atoms with Gasteiger partial charge in [-0.25, -0.2) is 0 Å². The minimum absolute atomic E-state index is 0.433. The monoisotopic (exact) mass is 103 g/mol. The average molecular weight is 103 g/mol. The van der Waals surface area contributed by atoms with Gasteiger partial charge in [-0.15, -0.1) is 0 Å². The van der Waals surface area contributed by atoms with Crippen LogP contribution < -0.4 is 0 Å². The van der Waals surface area contributed by atoms with Gasteiger partial charge in [0.25, 0.3) is 5.88 Å². The molecule has 4 heteroatoms. The van der Waals surface area contributed by atoms with Crippen molar-refractivity contribution < 1.29 is 14.0 Å². The Balaban J connectivity index is 3.04. The summed E-state index contributed by atoms with van der Waals surface area (Å²) in [6.07, 6.45) is 0. The second-order valence-electron chi connectivity index (χ2n) is 0.989. The summed E-state index contributed by atoms with van der Waals surface area (Å²) >= 11 is 0. The Labute approximate surface area is 38.4 Å². The number of aromatic hydroxyl groups is 1. The van der Waals surface area contributed by atoms with Crippen LogP contribution in [0.15, 0.2) is 10.6 Å². The number of nitrogens with zero attached hydrogens (tertiary/aromatic N) is 1. The van der Waals surface area contributed by atoms with E-state index in [-0.39, 0.29) is 0 Å². The van der Waals surface area contributed by atoms with Gasteiger partial charge < -0.3 is 9.63 Å². The van der Waals surface area contributed by atoms with Crippen LogP contribution in [0.5, 0.6) is 5.88 Å². The molecule has 0 aliphatic heterocycles. The SMILES string of the molecule is Oc1cc(F)on1. The average Bonchev–Trinajstić information content (AvgIpc) is 1.87. The maximum absolute atomic E-state index is 11.5. The van der Waals surface area contributed by atoms with E-state index in [2.05, 4.69) is 9.68 Å². The fourth-order valence-corrected chi connectivity index (χ4v) is 0.245. The lowest BCUT2D eigenvalue weighted by molar-refractivity contribution is 0.269. The molecule has 0 atom stereocenters. The summed E-state index contributed by atoms with van der Waals surface area (Å²) in [6, 6.07) is -0.0995. The molecule has 0 radical (unpaired) electrons. The van der Waals surface area contributed by atoms with E-state index in [0.29, 0.717) is 0 Å². The molecule has 0 aliphatic rings. The summed E-state index contributed by atoms with van der Waals surface area (Å²) in [4.78, 5) is 0. The molecule has 0 aliphatic carbocycles. The summed E-state index contributed by atoms with van der Waals surface area (Å²) in [7, 11) is 0. The molecule has 1 rings (SSSR count).